The number of hydrogen-bond acceptors (Lipinski definition) is 7. The fraction of sp³-hybridized carbons (Fsp3) is 0.0455. The second-order valence-corrected chi connectivity index (χ2v) is 7.74. The van der Waals surface area contributed by atoms with E-state index in [1.807, 2.05) is 0 Å². The van der Waals surface area contributed by atoms with Crippen molar-refractivity contribution in [3.63, 3.8) is 0 Å². The third-order valence-electron chi connectivity index (χ3n) is 4.74. The number of para-hydroxylation sites is 1. The number of allylic oxidation sites excluding steroid dienone is 1. The van der Waals surface area contributed by atoms with E-state index >= 15 is 0 Å². The number of nitrogens with one attached hydrogen (secondary N) is 3. The number of hydrogen-bond donors (Lipinski definition) is 4. The normalized spacial score (nSPS) is 12.1. The smallest absolute Gasteiger partial charge is 0.269 e. The molecule has 0 atom stereocenters. The topological polar surface area (TPSA) is 143 Å². The van der Waals surface area contributed by atoms with Gasteiger partial charge in [0, 0.05) is 13.1 Å². The van der Waals surface area contributed by atoms with E-state index in [1.165, 1.54) is 29.9 Å². The second-order valence-electron chi connectivity index (χ2n) is 6.92. The Balaban J connectivity index is 1.66. The number of pyridine rings is 2. The molecule has 0 aliphatic heterocycles. The predicted molar refractivity (Wildman–Crippen MR) is 133 cm³/mol. The van der Waals surface area contributed by atoms with Crippen LogP contribution in [0.15, 0.2) is 75.9 Å². The van der Waals surface area contributed by atoms with Crippen molar-refractivity contribution in [2.24, 2.45) is 10.7 Å². The molecule has 3 heterocycles. The van der Waals surface area contributed by atoms with E-state index in [4.69, 9.17) is 28.9 Å². The van der Waals surface area contributed by atoms with E-state index in [0.29, 0.717) is 38.6 Å². The monoisotopic (exact) mass is 496 g/mol. The standard InChI is InChI=1S/C22H18Cl2N8O2/c1-26-22(34)19(25)16(11-28-20-13(23)4-2-5-14(20)24)29-12-8-9-15(27-10-12)21-31-30-17-6-3-7-18(33)32(17)21/h2-11,29-30H,25H2,1H3,(H,26,34)/b19-16+,28-11?. The van der Waals surface area contributed by atoms with Crippen molar-refractivity contribution >= 4 is 52.3 Å². The maximum Gasteiger partial charge on any atom is 0.269 e. The lowest BCUT2D eigenvalue weighted by Gasteiger charge is -2.11. The Morgan fingerprint density at radius 3 is 2.56 bits per heavy atom. The van der Waals surface area contributed by atoms with Crippen LogP contribution in [0.1, 0.15) is 0 Å². The van der Waals surface area contributed by atoms with Gasteiger partial charge in [-0.05, 0) is 30.3 Å². The number of rotatable bonds is 6. The number of aliphatic imine (C=N–C) groups is 1. The maximum absolute atomic E-state index is 12.2. The third kappa shape index (κ3) is 4.63. The highest BCUT2D eigenvalue weighted by Gasteiger charge is 2.13. The van der Waals surface area contributed by atoms with Crippen LogP contribution >= 0.6 is 23.2 Å². The van der Waals surface area contributed by atoms with Crippen molar-refractivity contribution in [2.75, 3.05) is 12.4 Å². The first kappa shape index (κ1) is 23.0. The van der Waals surface area contributed by atoms with Crippen LogP contribution in [-0.2, 0) is 4.79 Å². The molecule has 5 N–H and O–H groups in total. The molecule has 0 fully saturated rings. The molecule has 1 aromatic carbocycles. The van der Waals surface area contributed by atoms with Crippen LogP contribution in [0.2, 0.25) is 10.0 Å². The van der Waals surface area contributed by atoms with Crippen molar-refractivity contribution < 1.29 is 4.79 Å². The van der Waals surface area contributed by atoms with E-state index in [-0.39, 0.29) is 17.0 Å². The van der Waals surface area contributed by atoms with Gasteiger partial charge in [0.15, 0.2) is 5.82 Å². The van der Waals surface area contributed by atoms with Crippen LogP contribution in [0.25, 0.3) is 17.2 Å². The van der Waals surface area contributed by atoms with E-state index in [9.17, 15) is 9.59 Å². The summed E-state index contributed by atoms with van der Waals surface area (Å²) in [6, 6.07) is 13.2. The minimum Gasteiger partial charge on any atom is -0.393 e. The van der Waals surface area contributed by atoms with E-state index in [1.54, 1.807) is 42.5 Å². The second kappa shape index (κ2) is 9.77. The highest BCUT2D eigenvalue weighted by Crippen LogP contribution is 2.32. The van der Waals surface area contributed by atoms with Gasteiger partial charge >= 0.3 is 0 Å². The molecule has 0 bridgehead atoms. The number of halogens is 2. The lowest BCUT2D eigenvalue weighted by molar-refractivity contribution is -0.117. The molecule has 172 valence electrons. The molecule has 4 rings (SSSR count). The Hall–Kier alpha value is -4.15. The van der Waals surface area contributed by atoms with E-state index < -0.39 is 5.91 Å². The fourth-order valence-electron chi connectivity index (χ4n) is 3.05. The number of carbonyl (C=O) groups excluding carboxylic acids is 1. The van der Waals surface area contributed by atoms with Crippen molar-refractivity contribution in [2.45, 2.75) is 0 Å². The van der Waals surface area contributed by atoms with Crippen LogP contribution in [0.3, 0.4) is 0 Å². The molecule has 12 heteroatoms. The van der Waals surface area contributed by atoms with Gasteiger partial charge in [-0.15, -0.1) is 0 Å². The van der Waals surface area contributed by atoms with Crippen LogP contribution < -0.4 is 21.9 Å². The Kier molecular flexibility index (Phi) is 6.62. The predicted octanol–water partition coefficient (Wildman–Crippen LogP) is 3.12. The SMILES string of the molecule is CNC(=O)/C(N)=C(/C=Nc1c(Cl)cccc1Cl)Nc1ccc(-c2n[nH]c3cccc(=O)n23)nc1. The summed E-state index contributed by atoms with van der Waals surface area (Å²) in [5.41, 5.74) is 7.73. The van der Waals surface area contributed by atoms with Crippen molar-refractivity contribution in [1.82, 2.24) is 24.9 Å². The molecular formula is C22H18Cl2N8O2. The van der Waals surface area contributed by atoms with Gasteiger partial charge in [0.1, 0.15) is 22.7 Å². The Labute approximate surface area is 203 Å². The highest BCUT2D eigenvalue weighted by molar-refractivity contribution is 6.38. The van der Waals surface area contributed by atoms with Crippen molar-refractivity contribution in [1.29, 1.82) is 0 Å². The zero-order chi connectivity index (χ0) is 24.2. The summed E-state index contributed by atoms with van der Waals surface area (Å²) in [6.07, 6.45) is 2.86. The fourth-order valence-corrected chi connectivity index (χ4v) is 3.55. The largest absolute Gasteiger partial charge is 0.393 e. The summed E-state index contributed by atoms with van der Waals surface area (Å²) in [6.45, 7) is 0. The van der Waals surface area contributed by atoms with Gasteiger partial charge in [-0.3, -0.25) is 24.7 Å². The molecular weight excluding hydrogens is 479 g/mol. The summed E-state index contributed by atoms with van der Waals surface area (Å²) in [7, 11) is 1.46. The van der Waals surface area contributed by atoms with Gasteiger partial charge in [-0.2, -0.15) is 5.10 Å². The van der Waals surface area contributed by atoms with Gasteiger partial charge in [-0.25, -0.2) is 4.40 Å². The summed E-state index contributed by atoms with van der Waals surface area (Å²) >= 11 is 12.3. The molecule has 4 aromatic rings. The molecule has 34 heavy (non-hydrogen) atoms. The Morgan fingerprint density at radius 2 is 1.88 bits per heavy atom. The lowest BCUT2D eigenvalue weighted by Crippen LogP contribution is -2.28. The Morgan fingerprint density at radius 1 is 1.15 bits per heavy atom. The van der Waals surface area contributed by atoms with Gasteiger partial charge < -0.3 is 16.4 Å². The minimum absolute atomic E-state index is 0.108. The minimum atomic E-state index is -0.508. The number of H-pyrrole nitrogens is 1. The quantitative estimate of drug-likeness (QED) is 0.238. The highest BCUT2D eigenvalue weighted by atomic mass is 35.5. The zero-order valence-electron chi connectivity index (χ0n) is 17.7. The molecule has 0 unspecified atom stereocenters. The summed E-state index contributed by atoms with van der Waals surface area (Å²) < 4.78 is 1.42. The molecule has 0 saturated carbocycles. The van der Waals surface area contributed by atoms with Crippen LogP contribution in [0, 0.1) is 0 Å². The third-order valence-corrected chi connectivity index (χ3v) is 5.35. The van der Waals surface area contributed by atoms with Gasteiger partial charge in [0.2, 0.25) is 0 Å². The first-order valence-electron chi connectivity index (χ1n) is 9.88. The molecule has 0 aliphatic rings. The molecule has 0 saturated heterocycles. The number of aromatic amines is 1. The number of aromatic nitrogens is 4. The van der Waals surface area contributed by atoms with Crippen LogP contribution in [0.4, 0.5) is 11.4 Å². The summed E-state index contributed by atoms with van der Waals surface area (Å²) in [5, 5.41) is 13.2. The number of fused-ring (bicyclic) bond motifs is 1. The first-order chi connectivity index (χ1) is 16.4. The molecule has 0 radical (unpaired) electrons. The van der Waals surface area contributed by atoms with Crippen LogP contribution in [0.5, 0.6) is 0 Å². The molecule has 3 aromatic heterocycles. The van der Waals surface area contributed by atoms with E-state index in [2.05, 4.69) is 30.8 Å². The number of benzene rings is 1. The average molecular weight is 497 g/mol. The lowest BCUT2D eigenvalue weighted by atomic mass is 10.2. The van der Waals surface area contributed by atoms with Gasteiger partial charge in [0.05, 0.1) is 33.8 Å². The summed E-state index contributed by atoms with van der Waals surface area (Å²) in [5.74, 6) is -0.145. The van der Waals surface area contributed by atoms with Gasteiger partial charge in [0.25, 0.3) is 11.5 Å². The van der Waals surface area contributed by atoms with Crippen molar-refractivity contribution in [3.8, 4) is 11.5 Å². The molecule has 10 nitrogen and oxygen atoms in total. The zero-order valence-corrected chi connectivity index (χ0v) is 19.2. The van der Waals surface area contributed by atoms with Crippen molar-refractivity contribution in [3.05, 3.63) is 86.5 Å². The number of nitrogens with two attached hydrogens (primary N) is 1. The molecule has 1 amide bonds. The van der Waals surface area contributed by atoms with E-state index in [0.717, 1.165) is 0 Å². The number of carbonyl (C=O) groups is 1. The number of anilines is 1. The number of amides is 1. The first-order valence-corrected chi connectivity index (χ1v) is 10.6. The van der Waals surface area contributed by atoms with Crippen LogP contribution in [-0.4, -0.2) is 38.8 Å². The number of nitrogens with zero attached hydrogens (tertiary/aromatic N) is 4. The molecule has 0 spiro atoms. The number of likely N-dealkylation sites (N-methyl/N-ethyl adjacent to an activating group) is 1. The average Bonchev–Trinajstić information content (AvgIpc) is 3.28. The summed E-state index contributed by atoms with van der Waals surface area (Å²) in [4.78, 5) is 33.0. The molecule has 0 aliphatic carbocycles. The van der Waals surface area contributed by atoms with Gasteiger partial charge in [-0.1, -0.05) is 35.3 Å². The maximum atomic E-state index is 12.2. The Bertz CT molecular complexity index is 1470.